The topological polar surface area (TPSA) is 159 Å². The van der Waals surface area contributed by atoms with Crippen LogP contribution < -0.4 is 22.1 Å². The highest BCUT2D eigenvalue weighted by Crippen LogP contribution is 2.12. The molecule has 2 rings (SSSR count). The molecule has 0 aromatic carbocycles. The van der Waals surface area contributed by atoms with Crippen molar-refractivity contribution in [2.24, 2.45) is 16.5 Å². The van der Waals surface area contributed by atoms with Crippen LogP contribution in [0.25, 0.3) is 0 Å². The Balaban J connectivity index is 2.02. The van der Waals surface area contributed by atoms with Gasteiger partial charge in [0.1, 0.15) is 0 Å². The smallest absolute Gasteiger partial charge is 0.241 e. The van der Waals surface area contributed by atoms with E-state index in [1.54, 1.807) is 18.6 Å². The molecule has 1 aromatic heterocycles. The first-order valence-corrected chi connectivity index (χ1v) is 10.6. The number of thiazole rings is 1. The summed E-state index contributed by atoms with van der Waals surface area (Å²) in [6.07, 6.45) is 2.41. The quantitative estimate of drug-likeness (QED) is 0.144. The van der Waals surface area contributed by atoms with E-state index in [0.717, 1.165) is 0 Å². The zero-order valence-corrected chi connectivity index (χ0v) is 18.2. The maximum Gasteiger partial charge on any atom is 0.241 e. The number of carbonyl (C=O) groups excluding carboxylic acids is 3. The predicted molar refractivity (Wildman–Crippen MR) is 115 cm³/mol. The Morgan fingerprint density at radius 1 is 1.40 bits per heavy atom. The molecule has 6 N–H and O–H groups in total. The molecule has 0 spiro atoms. The fraction of sp³-hybridized carbons (Fsp3) is 0.611. The lowest BCUT2D eigenvalue weighted by atomic mass is 10.1. The van der Waals surface area contributed by atoms with Crippen molar-refractivity contribution >= 4 is 34.9 Å². The minimum Gasteiger partial charge on any atom is -0.370 e. The Morgan fingerprint density at radius 2 is 2.17 bits per heavy atom. The maximum absolute atomic E-state index is 12.8. The van der Waals surface area contributed by atoms with Crippen molar-refractivity contribution in [1.29, 1.82) is 0 Å². The number of aliphatic imine (C=N–C) groups is 1. The standard InChI is InChI=1S/C18H30N8O3S/c1-21-13-10-25(2)7-8-26(17(13)29)11-14(27)24-12(4-3-5-23-18(19)20)15(28)16-22-6-9-30-16/h6,9,12-13,21H,3-5,7-8,10-11H2,1-2H3,(H,24,27)(H4,19,20,23)/t12-,13-/m0/s1. The zero-order valence-electron chi connectivity index (χ0n) is 17.3. The number of Topliss-reactive ketones (excluding diaryl/α,β-unsaturated/α-hetero) is 1. The molecule has 2 heterocycles. The maximum atomic E-state index is 12.8. The molecular formula is C18H30N8O3S. The fourth-order valence-corrected chi connectivity index (χ4v) is 3.79. The van der Waals surface area contributed by atoms with E-state index >= 15 is 0 Å². The molecule has 166 valence electrons. The molecule has 2 atom stereocenters. The first-order chi connectivity index (χ1) is 14.3. The lowest BCUT2D eigenvalue weighted by molar-refractivity contribution is -0.137. The van der Waals surface area contributed by atoms with Gasteiger partial charge in [-0.3, -0.25) is 19.4 Å². The van der Waals surface area contributed by atoms with E-state index in [1.807, 2.05) is 11.9 Å². The Labute approximate surface area is 179 Å². The summed E-state index contributed by atoms with van der Waals surface area (Å²) in [5, 5.41) is 7.78. The molecule has 11 nitrogen and oxygen atoms in total. The van der Waals surface area contributed by atoms with Gasteiger partial charge in [0, 0.05) is 37.8 Å². The van der Waals surface area contributed by atoms with Crippen LogP contribution in [-0.4, -0.2) is 97.2 Å². The third-order valence-electron chi connectivity index (χ3n) is 4.78. The summed E-state index contributed by atoms with van der Waals surface area (Å²) in [7, 11) is 3.65. The van der Waals surface area contributed by atoms with Crippen LogP contribution in [-0.2, 0) is 9.59 Å². The number of nitrogens with zero attached hydrogens (tertiary/aromatic N) is 4. The number of nitrogens with two attached hydrogens (primary N) is 2. The third-order valence-corrected chi connectivity index (χ3v) is 5.57. The van der Waals surface area contributed by atoms with Crippen molar-refractivity contribution in [1.82, 2.24) is 25.4 Å². The van der Waals surface area contributed by atoms with Crippen molar-refractivity contribution in [3.8, 4) is 0 Å². The summed E-state index contributed by atoms with van der Waals surface area (Å²) in [5.41, 5.74) is 10.7. The first kappa shape index (κ1) is 23.7. The van der Waals surface area contributed by atoms with Gasteiger partial charge in [0.25, 0.3) is 0 Å². The van der Waals surface area contributed by atoms with Crippen LogP contribution in [0, 0.1) is 0 Å². The van der Waals surface area contributed by atoms with Crippen LogP contribution in [0.4, 0.5) is 0 Å². The van der Waals surface area contributed by atoms with Gasteiger partial charge in [-0.2, -0.15) is 0 Å². The molecule has 0 radical (unpaired) electrons. The molecule has 1 aliphatic heterocycles. The monoisotopic (exact) mass is 438 g/mol. The van der Waals surface area contributed by atoms with Gasteiger partial charge in [-0.15, -0.1) is 11.3 Å². The largest absolute Gasteiger partial charge is 0.370 e. The molecule has 0 saturated carbocycles. The molecule has 0 aliphatic carbocycles. The van der Waals surface area contributed by atoms with Crippen LogP contribution in [0.1, 0.15) is 22.6 Å². The predicted octanol–water partition coefficient (Wildman–Crippen LogP) is -1.77. The molecule has 1 saturated heterocycles. The summed E-state index contributed by atoms with van der Waals surface area (Å²) < 4.78 is 0. The van der Waals surface area contributed by atoms with E-state index in [1.165, 1.54) is 16.2 Å². The highest BCUT2D eigenvalue weighted by molar-refractivity contribution is 7.11. The number of rotatable bonds is 10. The zero-order chi connectivity index (χ0) is 22.1. The van der Waals surface area contributed by atoms with Gasteiger partial charge in [0.15, 0.2) is 11.0 Å². The molecule has 2 amide bonds. The van der Waals surface area contributed by atoms with Crippen LogP contribution in [0.2, 0.25) is 0 Å². The van der Waals surface area contributed by atoms with Gasteiger partial charge in [-0.1, -0.05) is 0 Å². The molecule has 1 aromatic rings. The summed E-state index contributed by atoms with van der Waals surface area (Å²) in [6.45, 7) is 1.91. The molecule has 30 heavy (non-hydrogen) atoms. The highest BCUT2D eigenvalue weighted by atomic mass is 32.1. The third kappa shape index (κ3) is 7.04. The minimum atomic E-state index is -0.761. The summed E-state index contributed by atoms with van der Waals surface area (Å²) in [5.74, 6) is -0.810. The summed E-state index contributed by atoms with van der Waals surface area (Å²) >= 11 is 1.22. The van der Waals surface area contributed by atoms with Crippen LogP contribution in [0.15, 0.2) is 16.6 Å². The SMILES string of the molecule is CN[C@H]1CN(C)CCN(CC(=O)N[C@@H](CCCN=C(N)N)C(=O)c2nccs2)C1=O. The normalized spacial score (nSPS) is 18.5. The number of carbonyl (C=O) groups is 3. The summed E-state index contributed by atoms with van der Waals surface area (Å²) in [4.78, 5) is 49.7. The van der Waals surface area contributed by atoms with Crippen molar-refractivity contribution < 1.29 is 14.4 Å². The van der Waals surface area contributed by atoms with E-state index in [2.05, 4.69) is 20.6 Å². The number of hydrogen-bond donors (Lipinski definition) is 4. The van der Waals surface area contributed by atoms with Gasteiger partial charge in [0.05, 0.1) is 18.6 Å². The number of likely N-dealkylation sites (N-methyl/N-ethyl adjacent to an activating group) is 2. The number of hydrogen-bond acceptors (Lipinski definition) is 8. The van der Waals surface area contributed by atoms with E-state index < -0.39 is 6.04 Å². The Bertz CT molecular complexity index is 751. The molecule has 0 unspecified atom stereocenters. The lowest BCUT2D eigenvalue weighted by Gasteiger charge is -2.24. The second-order valence-electron chi connectivity index (χ2n) is 7.13. The van der Waals surface area contributed by atoms with Crippen molar-refractivity contribution in [2.75, 3.05) is 46.8 Å². The van der Waals surface area contributed by atoms with Gasteiger partial charge < -0.3 is 31.9 Å². The number of aromatic nitrogens is 1. The molecule has 0 bridgehead atoms. The molecular weight excluding hydrogens is 408 g/mol. The van der Waals surface area contributed by atoms with Crippen molar-refractivity contribution in [2.45, 2.75) is 24.9 Å². The fourth-order valence-electron chi connectivity index (χ4n) is 3.15. The van der Waals surface area contributed by atoms with Crippen LogP contribution in [0.3, 0.4) is 0 Å². The van der Waals surface area contributed by atoms with Crippen molar-refractivity contribution in [3.63, 3.8) is 0 Å². The lowest BCUT2D eigenvalue weighted by Crippen LogP contribution is -2.51. The molecule has 1 aliphatic rings. The first-order valence-electron chi connectivity index (χ1n) is 9.75. The van der Waals surface area contributed by atoms with E-state index in [4.69, 9.17) is 11.5 Å². The Morgan fingerprint density at radius 3 is 2.80 bits per heavy atom. The van der Waals surface area contributed by atoms with Gasteiger partial charge >= 0.3 is 0 Å². The average molecular weight is 439 g/mol. The minimum absolute atomic E-state index is 0.0226. The second-order valence-corrected chi connectivity index (χ2v) is 8.03. The van der Waals surface area contributed by atoms with Crippen LogP contribution >= 0.6 is 11.3 Å². The van der Waals surface area contributed by atoms with E-state index in [9.17, 15) is 14.4 Å². The van der Waals surface area contributed by atoms with Crippen molar-refractivity contribution in [3.05, 3.63) is 16.6 Å². The van der Waals surface area contributed by atoms with Gasteiger partial charge in [-0.05, 0) is 26.9 Å². The number of nitrogens with one attached hydrogen (secondary N) is 2. The van der Waals surface area contributed by atoms with Crippen LogP contribution in [0.5, 0.6) is 0 Å². The number of ketones is 1. The number of guanidine groups is 1. The Kier molecular flexibility index (Phi) is 9.15. The second kappa shape index (κ2) is 11.6. The van der Waals surface area contributed by atoms with E-state index in [-0.39, 0.29) is 36.1 Å². The number of amides is 2. The Hall–Kier alpha value is -2.57. The van der Waals surface area contributed by atoms with Gasteiger partial charge in [-0.25, -0.2) is 4.98 Å². The average Bonchev–Trinajstić information content (AvgIpc) is 3.20. The van der Waals surface area contributed by atoms with Gasteiger partial charge in [0.2, 0.25) is 17.6 Å². The molecule has 12 heteroatoms. The van der Waals surface area contributed by atoms with E-state index in [0.29, 0.717) is 44.0 Å². The highest BCUT2D eigenvalue weighted by Gasteiger charge is 2.30. The summed E-state index contributed by atoms with van der Waals surface area (Å²) in [6, 6.07) is -1.14. The molecule has 1 fully saturated rings.